The number of amides is 1. The molecule has 0 spiro atoms. The first-order valence-electron chi connectivity index (χ1n) is 8.06. The molecule has 1 aliphatic heterocycles. The van der Waals surface area contributed by atoms with Crippen molar-refractivity contribution in [1.29, 1.82) is 0 Å². The van der Waals surface area contributed by atoms with Crippen LogP contribution in [0.5, 0.6) is 0 Å². The van der Waals surface area contributed by atoms with Crippen molar-refractivity contribution in [3.05, 3.63) is 38.8 Å². The molecule has 1 saturated heterocycles. The van der Waals surface area contributed by atoms with Crippen molar-refractivity contribution < 1.29 is 9.53 Å². The van der Waals surface area contributed by atoms with Crippen LogP contribution in [0.2, 0.25) is 4.34 Å². The summed E-state index contributed by atoms with van der Waals surface area (Å²) < 4.78 is 6.20. The van der Waals surface area contributed by atoms with E-state index in [-0.39, 0.29) is 6.09 Å². The zero-order valence-electron chi connectivity index (χ0n) is 14.1. The minimum Gasteiger partial charge on any atom is -0.444 e. The number of likely N-dealkylation sites (tertiary alicyclic amines) is 1. The normalized spacial score (nSPS) is 15.4. The first kappa shape index (κ1) is 17.3. The van der Waals surface area contributed by atoms with Gasteiger partial charge in [-0.3, -0.25) is 5.10 Å². The van der Waals surface area contributed by atoms with Crippen LogP contribution in [0, 0.1) is 0 Å². The SMILES string of the molecule is CC(C)(C)OC(=O)N1CC(c2cc(CCc3ccc(Cl)s3)[nH]n2)C1. The van der Waals surface area contributed by atoms with Crippen LogP contribution in [0.15, 0.2) is 18.2 Å². The van der Waals surface area contributed by atoms with Gasteiger partial charge in [0, 0.05) is 29.6 Å². The largest absolute Gasteiger partial charge is 0.444 e. The molecule has 2 aromatic rings. The second kappa shape index (κ2) is 6.76. The van der Waals surface area contributed by atoms with Crippen molar-refractivity contribution in [2.75, 3.05) is 13.1 Å². The molecule has 0 atom stereocenters. The van der Waals surface area contributed by atoms with Gasteiger partial charge in [0.15, 0.2) is 0 Å². The van der Waals surface area contributed by atoms with E-state index < -0.39 is 5.60 Å². The van der Waals surface area contributed by atoms with Crippen LogP contribution < -0.4 is 0 Å². The van der Waals surface area contributed by atoms with Gasteiger partial charge in [0.1, 0.15) is 5.60 Å². The van der Waals surface area contributed by atoms with E-state index in [4.69, 9.17) is 16.3 Å². The second-order valence-corrected chi connectivity index (χ2v) is 8.91. The summed E-state index contributed by atoms with van der Waals surface area (Å²) in [6.07, 6.45) is 1.61. The quantitative estimate of drug-likeness (QED) is 0.879. The maximum atomic E-state index is 12.0. The maximum Gasteiger partial charge on any atom is 0.410 e. The van der Waals surface area contributed by atoms with Gasteiger partial charge in [0.2, 0.25) is 0 Å². The molecule has 1 amide bonds. The first-order chi connectivity index (χ1) is 11.3. The molecule has 3 rings (SSSR count). The van der Waals surface area contributed by atoms with Crippen LogP contribution in [0.3, 0.4) is 0 Å². The molecule has 0 unspecified atom stereocenters. The van der Waals surface area contributed by atoms with Gasteiger partial charge >= 0.3 is 6.09 Å². The summed E-state index contributed by atoms with van der Waals surface area (Å²) in [7, 11) is 0. The van der Waals surface area contributed by atoms with Crippen molar-refractivity contribution >= 4 is 29.0 Å². The molecule has 0 saturated carbocycles. The molecule has 5 nitrogen and oxygen atoms in total. The molecule has 1 aliphatic rings. The number of ether oxygens (including phenoxy) is 1. The topological polar surface area (TPSA) is 58.2 Å². The van der Waals surface area contributed by atoms with E-state index in [0.717, 1.165) is 28.6 Å². The summed E-state index contributed by atoms with van der Waals surface area (Å²) in [4.78, 5) is 14.9. The Morgan fingerprint density at radius 1 is 1.42 bits per heavy atom. The number of aromatic amines is 1. The van der Waals surface area contributed by atoms with E-state index in [9.17, 15) is 4.79 Å². The van der Waals surface area contributed by atoms with Gasteiger partial charge in [-0.05, 0) is 51.8 Å². The highest BCUT2D eigenvalue weighted by Crippen LogP contribution is 2.28. The van der Waals surface area contributed by atoms with Crippen LogP contribution in [0.25, 0.3) is 0 Å². The van der Waals surface area contributed by atoms with Crippen LogP contribution in [0.1, 0.15) is 43.0 Å². The molecule has 1 fully saturated rings. The Balaban J connectivity index is 1.48. The molecule has 1 N–H and O–H groups in total. The molecular weight excluding hydrogens is 346 g/mol. The van der Waals surface area contributed by atoms with Crippen molar-refractivity contribution in [3.8, 4) is 0 Å². The predicted molar refractivity (Wildman–Crippen MR) is 95.9 cm³/mol. The summed E-state index contributed by atoms with van der Waals surface area (Å²) in [6, 6.07) is 6.10. The maximum absolute atomic E-state index is 12.0. The highest BCUT2D eigenvalue weighted by molar-refractivity contribution is 7.16. The molecule has 0 aliphatic carbocycles. The number of rotatable bonds is 4. The van der Waals surface area contributed by atoms with E-state index >= 15 is 0 Å². The van der Waals surface area contributed by atoms with E-state index in [0.29, 0.717) is 19.0 Å². The number of carbonyl (C=O) groups is 1. The Morgan fingerprint density at radius 2 is 2.17 bits per heavy atom. The Morgan fingerprint density at radius 3 is 2.79 bits per heavy atom. The number of thiophene rings is 1. The lowest BCUT2D eigenvalue weighted by Crippen LogP contribution is -2.50. The first-order valence-corrected chi connectivity index (χ1v) is 9.26. The number of H-pyrrole nitrogens is 1. The summed E-state index contributed by atoms with van der Waals surface area (Å²) in [5.74, 6) is 0.290. The fraction of sp³-hybridized carbons (Fsp3) is 0.529. The molecule has 3 heterocycles. The molecule has 0 bridgehead atoms. The Labute approximate surface area is 151 Å². The number of nitrogens with one attached hydrogen (secondary N) is 1. The molecule has 2 aromatic heterocycles. The highest BCUT2D eigenvalue weighted by atomic mass is 35.5. The number of aromatic nitrogens is 2. The molecule has 24 heavy (non-hydrogen) atoms. The Bertz CT molecular complexity index is 713. The number of nitrogens with zero attached hydrogens (tertiary/aromatic N) is 2. The zero-order valence-corrected chi connectivity index (χ0v) is 15.7. The molecule has 7 heteroatoms. The van der Waals surface area contributed by atoms with Crippen molar-refractivity contribution in [2.45, 2.75) is 45.1 Å². The Hall–Kier alpha value is -1.53. The minimum absolute atomic E-state index is 0.246. The third-order valence-electron chi connectivity index (χ3n) is 3.87. The van der Waals surface area contributed by atoms with Crippen LogP contribution in [-0.4, -0.2) is 39.9 Å². The van der Waals surface area contributed by atoms with Crippen LogP contribution in [-0.2, 0) is 17.6 Å². The molecular formula is C17H22ClN3O2S. The third kappa shape index (κ3) is 4.30. The number of hydrogen-bond donors (Lipinski definition) is 1. The van der Waals surface area contributed by atoms with Gasteiger partial charge < -0.3 is 9.64 Å². The fourth-order valence-electron chi connectivity index (χ4n) is 2.60. The Kier molecular flexibility index (Phi) is 4.88. The average Bonchev–Trinajstić information content (AvgIpc) is 3.02. The number of halogens is 1. The molecule has 0 aromatic carbocycles. The van der Waals surface area contributed by atoms with E-state index in [1.165, 1.54) is 4.88 Å². The standard InChI is InChI=1S/C17H22ClN3O2S/c1-17(2,3)23-16(22)21-9-11(10-21)14-8-12(19-20-14)4-5-13-6-7-15(18)24-13/h6-8,11H,4-5,9-10H2,1-3H3,(H,19,20). The average molecular weight is 368 g/mol. The van der Waals surface area contributed by atoms with Crippen LogP contribution >= 0.6 is 22.9 Å². The minimum atomic E-state index is -0.452. The lowest BCUT2D eigenvalue weighted by molar-refractivity contribution is 0.00787. The molecule has 0 radical (unpaired) electrons. The number of carbonyl (C=O) groups excluding carboxylic acids is 1. The lowest BCUT2D eigenvalue weighted by Gasteiger charge is -2.38. The van der Waals surface area contributed by atoms with E-state index in [1.54, 1.807) is 16.2 Å². The van der Waals surface area contributed by atoms with Crippen LogP contribution in [0.4, 0.5) is 4.79 Å². The highest BCUT2D eigenvalue weighted by Gasteiger charge is 2.35. The number of hydrogen-bond acceptors (Lipinski definition) is 4. The van der Waals surface area contributed by atoms with Crippen molar-refractivity contribution in [3.63, 3.8) is 0 Å². The zero-order chi connectivity index (χ0) is 17.3. The van der Waals surface area contributed by atoms with E-state index in [1.807, 2.05) is 26.8 Å². The van der Waals surface area contributed by atoms with Gasteiger partial charge in [0.05, 0.1) is 10.0 Å². The van der Waals surface area contributed by atoms with Crippen molar-refractivity contribution in [1.82, 2.24) is 15.1 Å². The third-order valence-corrected chi connectivity index (χ3v) is 5.16. The van der Waals surface area contributed by atoms with Gasteiger partial charge in [-0.1, -0.05) is 11.6 Å². The summed E-state index contributed by atoms with van der Waals surface area (Å²) in [5, 5.41) is 7.50. The van der Waals surface area contributed by atoms with Gasteiger partial charge in [-0.2, -0.15) is 5.10 Å². The van der Waals surface area contributed by atoms with E-state index in [2.05, 4.69) is 22.3 Å². The van der Waals surface area contributed by atoms with Gasteiger partial charge in [-0.15, -0.1) is 11.3 Å². The lowest BCUT2D eigenvalue weighted by atomic mass is 9.96. The monoisotopic (exact) mass is 367 g/mol. The summed E-state index contributed by atoms with van der Waals surface area (Å²) >= 11 is 7.57. The summed E-state index contributed by atoms with van der Waals surface area (Å²) in [5.41, 5.74) is 1.69. The summed E-state index contributed by atoms with van der Waals surface area (Å²) in [6.45, 7) is 6.97. The van der Waals surface area contributed by atoms with Crippen molar-refractivity contribution in [2.24, 2.45) is 0 Å². The fourth-order valence-corrected chi connectivity index (χ4v) is 3.69. The smallest absolute Gasteiger partial charge is 0.410 e. The predicted octanol–water partition coefficient (Wildman–Crippen LogP) is 4.24. The number of aryl methyl sites for hydroxylation is 2. The second-order valence-electron chi connectivity index (χ2n) is 7.11. The van der Waals surface area contributed by atoms with Gasteiger partial charge in [-0.25, -0.2) is 4.79 Å². The van der Waals surface area contributed by atoms with Gasteiger partial charge in [0.25, 0.3) is 0 Å². The molecule has 130 valence electrons.